The van der Waals surface area contributed by atoms with Crippen LogP contribution in [-0.4, -0.2) is 63.3 Å². The topological polar surface area (TPSA) is 76.4 Å². The Morgan fingerprint density at radius 3 is 2.39 bits per heavy atom. The second-order valence-electron chi connectivity index (χ2n) is 11.0. The van der Waals surface area contributed by atoms with Crippen molar-refractivity contribution in [3.63, 3.8) is 0 Å². The van der Waals surface area contributed by atoms with Crippen LogP contribution in [-0.2, 0) is 11.2 Å². The van der Waals surface area contributed by atoms with Crippen molar-refractivity contribution in [2.75, 3.05) is 37.7 Å². The van der Waals surface area contributed by atoms with Crippen LogP contribution >= 0.6 is 11.6 Å². The summed E-state index contributed by atoms with van der Waals surface area (Å²) in [5.74, 6) is 2.53. The van der Waals surface area contributed by atoms with E-state index >= 15 is 0 Å². The number of piperazine rings is 1. The molecule has 2 aromatic heterocycles. The van der Waals surface area contributed by atoms with E-state index in [0.29, 0.717) is 42.9 Å². The van der Waals surface area contributed by atoms with Crippen molar-refractivity contribution in [1.82, 2.24) is 24.6 Å². The van der Waals surface area contributed by atoms with Gasteiger partial charge in [0.05, 0.1) is 16.8 Å². The minimum atomic E-state index is -0.291. The van der Waals surface area contributed by atoms with Crippen LogP contribution in [0.4, 0.5) is 10.2 Å². The van der Waals surface area contributed by atoms with Crippen molar-refractivity contribution in [2.45, 2.75) is 45.4 Å². The number of aromatic nitrogens is 4. The minimum absolute atomic E-state index is 0.0194. The fourth-order valence-corrected chi connectivity index (χ4v) is 6.00. The molecule has 0 bridgehead atoms. The number of carbonyl (C=O) groups is 1. The van der Waals surface area contributed by atoms with Gasteiger partial charge in [-0.1, -0.05) is 43.7 Å². The number of carbonyl (C=O) groups excluding carboxylic acids is 1. The highest BCUT2D eigenvalue weighted by atomic mass is 35.5. The van der Waals surface area contributed by atoms with E-state index in [4.69, 9.17) is 31.4 Å². The maximum atomic E-state index is 13.7. The van der Waals surface area contributed by atoms with Crippen LogP contribution in [0, 0.1) is 18.7 Å². The predicted octanol–water partition coefficient (Wildman–Crippen LogP) is 5.77. The lowest BCUT2D eigenvalue weighted by Crippen LogP contribution is -2.50. The zero-order valence-electron chi connectivity index (χ0n) is 23.2. The van der Waals surface area contributed by atoms with Gasteiger partial charge in [-0.05, 0) is 61.4 Å². The van der Waals surface area contributed by atoms with Crippen molar-refractivity contribution in [1.29, 1.82) is 0 Å². The number of hydrogen-bond acceptors (Lipinski definition) is 6. The van der Waals surface area contributed by atoms with Crippen molar-refractivity contribution < 1.29 is 13.9 Å². The summed E-state index contributed by atoms with van der Waals surface area (Å²) in [6.45, 7) is 4.36. The molecule has 2 aromatic carbocycles. The summed E-state index contributed by atoms with van der Waals surface area (Å²) in [5.41, 5.74) is 2.31. The number of ether oxygens (including phenoxy) is 1. The molecule has 214 valence electrons. The van der Waals surface area contributed by atoms with Gasteiger partial charge in [0.2, 0.25) is 0 Å². The average molecular weight is 577 g/mol. The first-order valence-corrected chi connectivity index (χ1v) is 14.8. The van der Waals surface area contributed by atoms with Crippen LogP contribution in [0.1, 0.15) is 43.6 Å². The molecule has 41 heavy (non-hydrogen) atoms. The first-order valence-electron chi connectivity index (χ1n) is 14.4. The fraction of sp³-hybridized carbons (Fsp3) is 0.419. The number of nitrogens with zero attached hydrogens (tertiary/aromatic N) is 6. The Morgan fingerprint density at radius 1 is 0.976 bits per heavy atom. The summed E-state index contributed by atoms with van der Waals surface area (Å²) >= 11 is 5.94. The van der Waals surface area contributed by atoms with Gasteiger partial charge in [0.15, 0.2) is 12.3 Å². The molecule has 0 radical (unpaired) electrons. The number of fused-ring (bicyclic) bond motifs is 1. The second kappa shape index (κ2) is 12.0. The van der Waals surface area contributed by atoms with E-state index in [2.05, 4.69) is 4.90 Å². The predicted molar refractivity (Wildman–Crippen MR) is 157 cm³/mol. The minimum Gasteiger partial charge on any atom is -0.484 e. The number of halogens is 2. The van der Waals surface area contributed by atoms with Gasteiger partial charge in [0, 0.05) is 37.6 Å². The molecule has 1 saturated heterocycles. The van der Waals surface area contributed by atoms with Gasteiger partial charge in [-0.15, -0.1) is 0 Å². The molecule has 1 amide bonds. The van der Waals surface area contributed by atoms with E-state index < -0.39 is 0 Å². The van der Waals surface area contributed by atoms with Crippen molar-refractivity contribution in [3.8, 4) is 11.4 Å². The average Bonchev–Trinajstić information content (AvgIpc) is 3.33. The monoisotopic (exact) mass is 576 g/mol. The normalized spacial score (nSPS) is 16.4. The number of anilines is 1. The summed E-state index contributed by atoms with van der Waals surface area (Å²) < 4.78 is 21.2. The van der Waals surface area contributed by atoms with Crippen LogP contribution in [0.25, 0.3) is 16.7 Å². The van der Waals surface area contributed by atoms with Crippen molar-refractivity contribution in [2.24, 2.45) is 5.92 Å². The molecule has 4 aromatic rings. The molecule has 2 aliphatic rings. The summed E-state index contributed by atoms with van der Waals surface area (Å²) in [4.78, 5) is 27.1. The second-order valence-corrected chi connectivity index (χ2v) is 11.4. The maximum Gasteiger partial charge on any atom is 0.260 e. The van der Waals surface area contributed by atoms with E-state index in [1.807, 2.05) is 11.8 Å². The number of rotatable bonds is 7. The van der Waals surface area contributed by atoms with E-state index in [1.165, 1.54) is 44.2 Å². The van der Waals surface area contributed by atoms with E-state index in [-0.39, 0.29) is 18.3 Å². The number of amides is 1. The highest BCUT2D eigenvalue weighted by Crippen LogP contribution is 2.32. The molecule has 10 heteroatoms. The van der Waals surface area contributed by atoms with E-state index in [0.717, 1.165) is 40.5 Å². The summed E-state index contributed by atoms with van der Waals surface area (Å²) in [5, 5.41) is 6.33. The quantitative estimate of drug-likeness (QED) is 0.278. The molecule has 0 spiro atoms. The molecule has 0 atom stereocenters. The molecular weight excluding hydrogens is 543 g/mol. The lowest BCUT2D eigenvalue weighted by molar-refractivity contribution is -0.133. The van der Waals surface area contributed by atoms with Crippen LogP contribution < -0.4 is 9.64 Å². The lowest BCUT2D eigenvalue weighted by atomic mass is 9.87. The van der Waals surface area contributed by atoms with Gasteiger partial charge in [-0.3, -0.25) is 4.79 Å². The molecular formula is C31H34ClFN6O2. The Labute approximate surface area is 244 Å². The fourth-order valence-electron chi connectivity index (χ4n) is 5.87. The zero-order valence-corrected chi connectivity index (χ0v) is 24.0. The van der Waals surface area contributed by atoms with E-state index in [9.17, 15) is 9.18 Å². The number of benzene rings is 2. The van der Waals surface area contributed by atoms with Crippen LogP contribution in [0.3, 0.4) is 0 Å². The smallest absolute Gasteiger partial charge is 0.260 e. The van der Waals surface area contributed by atoms with Crippen molar-refractivity contribution >= 4 is 34.4 Å². The molecule has 6 rings (SSSR count). The van der Waals surface area contributed by atoms with Crippen LogP contribution in [0.15, 0.2) is 48.5 Å². The molecule has 2 fully saturated rings. The van der Waals surface area contributed by atoms with Gasteiger partial charge >= 0.3 is 0 Å². The molecule has 3 heterocycles. The first-order chi connectivity index (χ1) is 19.9. The molecule has 0 unspecified atom stereocenters. The maximum absolute atomic E-state index is 13.7. The first kappa shape index (κ1) is 27.4. The molecule has 1 aliphatic carbocycles. The van der Waals surface area contributed by atoms with Crippen LogP contribution in [0.5, 0.6) is 5.75 Å². The SMILES string of the molecule is Cc1nn(-c2ccc(F)cc2)c2nc(CC3CCCCC3)nc(N3CCN(C(=O)COc4ccc(Cl)cc4)CC3)c12. The largest absolute Gasteiger partial charge is 0.484 e. The van der Waals surface area contributed by atoms with E-state index in [1.54, 1.807) is 41.1 Å². The highest BCUT2D eigenvalue weighted by molar-refractivity contribution is 6.30. The van der Waals surface area contributed by atoms with Crippen molar-refractivity contribution in [3.05, 3.63) is 70.9 Å². The van der Waals surface area contributed by atoms with Gasteiger partial charge in [-0.2, -0.15) is 5.10 Å². The summed E-state index contributed by atoms with van der Waals surface area (Å²) in [6.07, 6.45) is 7.04. The number of hydrogen-bond donors (Lipinski definition) is 0. The van der Waals surface area contributed by atoms with Gasteiger partial charge in [0.25, 0.3) is 5.91 Å². The molecule has 1 saturated carbocycles. The lowest BCUT2D eigenvalue weighted by Gasteiger charge is -2.35. The van der Waals surface area contributed by atoms with Gasteiger partial charge in [-0.25, -0.2) is 19.0 Å². The third-order valence-electron chi connectivity index (χ3n) is 8.10. The summed E-state index contributed by atoms with van der Waals surface area (Å²) in [7, 11) is 0. The van der Waals surface area contributed by atoms with Gasteiger partial charge in [0.1, 0.15) is 23.2 Å². The number of aryl methyl sites for hydroxylation is 1. The Bertz CT molecular complexity index is 1510. The highest BCUT2D eigenvalue weighted by Gasteiger charge is 2.27. The standard InChI is InChI=1S/C31H34ClFN6O2/c1-21-29-30(38-17-15-37(16-18-38)28(40)20-41-26-13-7-23(32)8-14-26)34-27(19-22-5-3-2-4-6-22)35-31(29)39(36-21)25-11-9-24(33)10-12-25/h7-14,22H,2-6,15-20H2,1H3. The molecule has 8 nitrogen and oxygen atoms in total. The Kier molecular flexibility index (Phi) is 8.05. The Morgan fingerprint density at radius 2 is 1.68 bits per heavy atom. The van der Waals surface area contributed by atoms with Gasteiger partial charge < -0.3 is 14.5 Å². The Hall–Kier alpha value is -3.72. The van der Waals surface area contributed by atoms with Crippen LogP contribution in [0.2, 0.25) is 5.02 Å². The molecule has 0 N–H and O–H groups in total. The third-order valence-corrected chi connectivity index (χ3v) is 8.36. The summed E-state index contributed by atoms with van der Waals surface area (Å²) in [6, 6.07) is 13.3. The zero-order chi connectivity index (χ0) is 28.3. The molecule has 1 aliphatic heterocycles. The Balaban J connectivity index is 1.24. The third kappa shape index (κ3) is 6.15.